The number of allylic oxidation sites excluding steroid dienone is 1. The maximum Gasteiger partial charge on any atom is 0.119 e. The molecule has 0 amide bonds. The van der Waals surface area contributed by atoms with E-state index in [1.54, 1.807) is 0 Å². The van der Waals surface area contributed by atoms with E-state index < -0.39 is 5.44 Å². The molecule has 0 spiro atoms. The van der Waals surface area contributed by atoms with Gasteiger partial charge in [-0.2, -0.15) is 0 Å². The predicted molar refractivity (Wildman–Crippen MR) is 71.0 cm³/mol. The Balaban J connectivity index is 2.07. The molecule has 0 bridgehead atoms. The van der Waals surface area contributed by atoms with Gasteiger partial charge in [0.25, 0.3) is 0 Å². The van der Waals surface area contributed by atoms with Crippen molar-refractivity contribution in [3.8, 4) is 0 Å². The maximum atomic E-state index is 6.44. The lowest BCUT2D eigenvalue weighted by Gasteiger charge is -2.34. The molecule has 0 aromatic heterocycles. The normalized spacial score (nSPS) is 27.5. The lowest BCUT2D eigenvalue weighted by atomic mass is 9.71. The average molecular weight is 222 g/mol. The van der Waals surface area contributed by atoms with Gasteiger partial charge in [-0.3, -0.25) is 4.99 Å². The molecule has 2 heterocycles. The molecule has 0 N–H and O–H groups in total. The van der Waals surface area contributed by atoms with Gasteiger partial charge in [-0.15, -0.1) is 0 Å². The Bertz CT molecular complexity index is 492. The number of rotatable bonds is 1. The summed E-state index contributed by atoms with van der Waals surface area (Å²) in [6, 6.07) is 10.1. The summed E-state index contributed by atoms with van der Waals surface area (Å²) in [7, 11) is 6.44. The van der Waals surface area contributed by atoms with E-state index >= 15 is 0 Å². The van der Waals surface area contributed by atoms with Crippen LogP contribution in [0.5, 0.6) is 0 Å². The molecule has 1 atom stereocenters. The zero-order chi connectivity index (χ0) is 11.9. The van der Waals surface area contributed by atoms with Gasteiger partial charge in [0.15, 0.2) is 0 Å². The average Bonchev–Trinajstić information content (AvgIpc) is 2.78. The number of nitrogens with zero attached hydrogens (tertiary/aromatic N) is 2. The third-order valence-corrected chi connectivity index (χ3v) is 3.52. The Morgan fingerprint density at radius 2 is 2.06 bits per heavy atom. The summed E-state index contributed by atoms with van der Waals surface area (Å²) in [6.45, 7) is 3.12. The Morgan fingerprint density at radius 3 is 2.82 bits per heavy atom. The first-order valence-corrected chi connectivity index (χ1v) is 6.09. The molecular weight excluding hydrogens is 207 g/mol. The fourth-order valence-electron chi connectivity index (χ4n) is 2.68. The van der Waals surface area contributed by atoms with Crippen LogP contribution >= 0.6 is 0 Å². The third kappa shape index (κ3) is 1.70. The third-order valence-electron chi connectivity index (χ3n) is 3.52. The number of amidine groups is 1. The summed E-state index contributed by atoms with van der Waals surface area (Å²) in [6.07, 6.45) is 4.42. The molecule has 1 saturated heterocycles. The molecule has 3 rings (SSSR count). The predicted octanol–water partition coefficient (Wildman–Crippen LogP) is 2.42. The molecule has 0 aliphatic carbocycles. The van der Waals surface area contributed by atoms with Gasteiger partial charge in [-0.05, 0) is 31.4 Å². The molecule has 2 aliphatic heterocycles. The van der Waals surface area contributed by atoms with Crippen LogP contribution in [0, 0.1) is 0 Å². The molecule has 1 aromatic carbocycles. The van der Waals surface area contributed by atoms with Crippen LogP contribution in [-0.2, 0) is 5.44 Å². The molecule has 84 valence electrons. The van der Waals surface area contributed by atoms with Gasteiger partial charge in [-0.25, -0.2) is 0 Å². The molecule has 17 heavy (non-hydrogen) atoms. The SMILES string of the molecule is [B]C1(c2ccccc2)C=C2CCCN2C(C)=N1. The van der Waals surface area contributed by atoms with Gasteiger partial charge in [0.2, 0.25) is 0 Å². The molecule has 1 unspecified atom stereocenters. The summed E-state index contributed by atoms with van der Waals surface area (Å²) < 4.78 is 0. The van der Waals surface area contributed by atoms with Gasteiger partial charge in [0, 0.05) is 12.2 Å². The van der Waals surface area contributed by atoms with E-state index in [0.717, 1.165) is 24.4 Å². The number of aliphatic imine (C=N–C) groups is 1. The molecule has 1 fully saturated rings. The number of hydrogen-bond donors (Lipinski definition) is 0. The van der Waals surface area contributed by atoms with Crippen LogP contribution in [0.2, 0.25) is 0 Å². The van der Waals surface area contributed by atoms with Crippen LogP contribution in [0.3, 0.4) is 0 Å². The quantitative estimate of drug-likeness (QED) is 0.666. The molecule has 3 heteroatoms. The van der Waals surface area contributed by atoms with Gasteiger partial charge in [0.1, 0.15) is 13.7 Å². The van der Waals surface area contributed by atoms with E-state index in [2.05, 4.69) is 16.0 Å². The standard InChI is InChI=1S/C14H15BN2/c1-11-16-14(15,12-6-3-2-4-7-12)10-13-8-5-9-17(11)13/h2-4,6-7,10H,5,8-9H2,1H3. The topological polar surface area (TPSA) is 15.6 Å². The van der Waals surface area contributed by atoms with Crippen LogP contribution in [0.15, 0.2) is 47.1 Å². The van der Waals surface area contributed by atoms with Crippen molar-refractivity contribution in [3.05, 3.63) is 47.7 Å². The summed E-state index contributed by atoms with van der Waals surface area (Å²) in [5.41, 5.74) is 1.70. The van der Waals surface area contributed by atoms with Gasteiger partial charge in [-0.1, -0.05) is 30.3 Å². The molecule has 1 aromatic rings. The Morgan fingerprint density at radius 1 is 1.29 bits per heavy atom. The van der Waals surface area contributed by atoms with Crippen LogP contribution in [-0.4, -0.2) is 25.1 Å². The first-order valence-electron chi connectivity index (χ1n) is 6.09. The molecule has 2 nitrogen and oxygen atoms in total. The summed E-state index contributed by atoms with van der Waals surface area (Å²) in [5.74, 6) is 1.03. The van der Waals surface area contributed by atoms with Gasteiger partial charge >= 0.3 is 0 Å². The van der Waals surface area contributed by atoms with Crippen molar-refractivity contribution in [1.82, 2.24) is 4.90 Å². The van der Waals surface area contributed by atoms with Crippen LogP contribution < -0.4 is 0 Å². The molecule has 2 radical (unpaired) electrons. The fourth-order valence-corrected chi connectivity index (χ4v) is 2.68. The maximum absolute atomic E-state index is 6.44. The van der Waals surface area contributed by atoms with Gasteiger partial charge < -0.3 is 4.90 Å². The van der Waals surface area contributed by atoms with Crippen molar-refractivity contribution in [3.63, 3.8) is 0 Å². The fraction of sp³-hybridized carbons (Fsp3) is 0.357. The smallest absolute Gasteiger partial charge is 0.119 e. The number of benzene rings is 1. The Kier molecular flexibility index (Phi) is 2.35. The van der Waals surface area contributed by atoms with Crippen molar-refractivity contribution in [1.29, 1.82) is 0 Å². The largest absolute Gasteiger partial charge is 0.334 e. The minimum atomic E-state index is -0.679. The lowest BCUT2D eigenvalue weighted by molar-refractivity contribution is 0.545. The number of hydrogen-bond acceptors (Lipinski definition) is 2. The second-order valence-electron chi connectivity index (χ2n) is 4.74. The highest BCUT2D eigenvalue weighted by Crippen LogP contribution is 2.34. The van der Waals surface area contributed by atoms with E-state index in [0.29, 0.717) is 0 Å². The zero-order valence-electron chi connectivity index (χ0n) is 10.1. The Labute approximate surface area is 103 Å². The summed E-state index contributed by atoms with van der Waals surface area (Å²) >= 11 is 0. The highest BCUT2D eigenvalue weighted by molar-refractivity contribution is 6.18. The van der Waals surface area contributed by atoms with Crippen molar-refractivity contribution < 1.29 is 0 Å². The molecular formula is C14H15BN2. The first-order chi connectivity index (χ1) is 8.19. The highest BCUT2D eigenvalue weighted by Gasteiger charge is 2.32. The van der Waals surface area contributed by atoms with Crippen molar-refractivity contribution in [2.75, 3.05) is 6.54 Å². The van der Waals surface area contributed by atoms with E-state index in [4.69, 9.17) is 7.85 Å². The summed E-state index contributed by atoms with van der Waals surface area (Å²) in [4.78, 5) is 6.94. The minimum Gasteiger partial charge on any atom is -0.334 e. The van der Waals surface area contributed by atoms with E-state index in [1.807, 2.05) is 37.3 Å². The van der Waals surface area contributed by atoms with Crippen LogP contribution in [0.4, 0.5) is 0 Å². The van der Waals surface area contributed by atoms with E-state index in [9.17, 15) is 0 Å². The van der Waals surface area contributed by atoms with E-state index in [-0.39, 0.29) is 0 Å². The first kappa shape index (κ1) is 10.6. The van der Waals surface area contributed by atoms with E-state index in [1.165, 1.54) is 12.1 Å². The monoisotopic (exact) mass is 222 g/mol. The van der Waals surface area contributed by atoms with Crippen LogP contribution in [0.1, 0.15) is 25.3 Å². The van der Waals surface area contributed by atoms with Crippen molar-refractivity contribution >= 4 is 13.7 Å². The summed E-state index contributed by atoms with van der Waals surface area (Å²) in [5, 5.41) is 0. The molecule has 0 saturated carbocycles. The number of fused-ring (bicyclic) bond motifs is 1. The molecule has 2 aliphatic rings. The zero-order valence-corrected chi connectivity index (χ0v) is 10.1. The minimum absolute atomic E-state index is 0.679. The second-order valence-corrected chi connectivity index (χ2v) is 4.74. The van der Waals surface area contributed by atoms with Crippen molar-refractivity contribution in [2.45, 2.75) is 25.2 Å². The lowest BCUT2D eigenvalue weighted by Crippen LogP contribution is -2.35. The highest BCUT2D eigenvalue weighted by atomic mass is 15.2. The Hall–Kier alpha value is -1.51. The van der Waals surface area contributed by atoms with Crippen molar-refractivity contribution in [2.24, 2.45) is 4.99 Å². The van der Waals surface area contributed by atoms with Gasteiger partial charge in [0.05, 0.1) is 5.44 Å². The second kappa shape index (κ2) is 3.76. The van der Waals surface area contributed by atoms with Crippen LogP contribution in [0.25, 0.3) is 0 Å².